The van der Waals surface area contributed by atoms with Crippen LogP contribution in [0.1, 0.15) is 27.9 Å². The third-order valence-corrected chi connectivity index (χ3v) is 4.96. The van der Waals surface area contributed by atoms with Crippen LogP contribution in [0.15, 0.2) is 36.4 Å². The zero-order valence-corrected chi connectivity index (χ0v) is 14.5. The Morgan fingerprint density at radius 3 is 2.40 bits per heavy atom. The molecule has 0 fully saturated rings. The summed E-state index contributed by atoms with van der Waals surface area (Å²) in [5, 5.41) is 2.97. The van der Waals surface area contributed by atoms with Crippen LogP contribution in [0, 0.1) is 0 Å². The number of amides is 2. The van der Waals surface area contributed by atoms with Gasteiger partial charge in [-0.3, -0.25) is 9.59 Å². The molecule has 5 heteroatoms. The van der Waals surface area contributed by atoms with Crippen molar-refractivity contribution in [1.82, 2.24) is 0 Å². The molecular weight excluding hydrogens is 314 g/mol. The van der Waals surface area contributed by atoms with Gasteiger partial charge in [-0.05, 0) is 60.4 Å². The first kappa shape index (κ1) is 15.7. The van der Waals surface area contributed by atoms with E-state index >= 15 is 0 Å². The summed E-state index contributed by atoms with van der Waals surface area (Å²) in [7, 11) is 3.97. The Bertz CT molecular complexity index is 856. The highest BCUT2D eigenvalue weighted by Gasteiger charge is 2.31. The van der Waals surface area contributed by atoms with E-state index in [1.807, 2.05) is 60.3 Å². The van der Waals surface area contributed by atoms with Gasteiger partial charge >= 0.3 is 0 Å². The molecule has 0 spiro atoms. The molecule has 2 aromatic carbocycles. The minimum Gasteiger partial charge on any atom is -0.378 e. The molecule has 0 unspecified atom stereocenters. The third-order valence-electron chi connectivity index (χ3n) is 4.96. The molecule has 2 aliphatic rings. The number of carbonyl (C=O) groups excluding carboxylic acids is 2. The van der Waals surface area contributed by atoms with Crippen molar-refractivity contribution in [2.24, 2.45) is 0 Å². The number of benzene rings is 2. The lowest BCUT2D eigenvalue weighted by Crippen LogP contribution is -2.33. The second-order valence-corrected chi connectivity index (χ2v) is 6.83. The minimum absolute atomic E-state index is 0.105. The lowest BCUT2D eigenvalue weighted by atomic mass is 9.96. The highest BCUT2D eigenvalue weighted by Crippen LogP contribution is 2.37. The van der Waals surface area contributed by atoms with Crippen molar-refractivity contribution < 1.29 is 9.59 Å². The summed E-state index contributed by atoms with van der Waals surface area (Å²) in [6, 6.07) is 11.6. The average molecular weight is 335 g/mol. The van der Waals surface area contributed by atoms with E-state index in [-0.39, 0.29) is 11.8 Å². The molecular formula is C20H21N3O2. The number of rotatable bonds is 3. The van der Waals surface area contributed by atoms with Gasteiger partial charge in [-0.1, -0.05) is 0 Å². The second-order valence-electron chi connectivity index (χ2n) is 6.83. The zero-order valence-electron chi connectivity index (χ0n) is 14.5. The quantitative estimate of drug-likeness (QED) is 0.938. The lowest BCUT2D eigenvalue weighted by Gasteiger charge is -2.25. The Morgan fingerprint density at radius 1 is 1.04 bits per heavy atom. The summed E-state index contributed by atoms with van der Waals surface area (Å²) in [5.74, 6) is 0.0939. The second kappa shape index (κ2) is 5.92. The van der Waals surface area contributed by atoms with E-state index < -0.39 is 0 Å². The van der Waals surface area contributed by atoms with Gasteiger partial charge in [0.25, 0.3) is 5.91 Å². The van der Waals surface area contributed by atoms with Crippen LogP contribution in [0.5, 0.6) is 0 Å². The molecule has 1 N–H and O–H groups in total. The molecule has 2 amide bonds. The minimum atomic E-state index is -0.105. The molecule has 2 heterocycles. The van der Waals surface area contributed by atoms with Crippen molar-refractivity contribution in [1.29, 1.82) is 0 Å². The molecule has 0 saturated carbocycles. The lowest BCUT2D eigenvalue weighted by molar-refractivity contribution is -0.118. The Balaban J connectivity index is 1.58. The molecule has 0 atom stereocenters. The van der Waals surface area contributed by atoms with Gasteiger partial charge in [0, 0.05) is 44.0 Å². The monoisotopic (exact) mass is 335 g/mol. The van der Waals surface area contributed by atoms with Gasteiger partial charge in [0.2, 0.25) is 5.91 Å². The number of hydrogen-bond acceptors (Lipinski definition) is 3. The number of nitrogens with zero attached hydrogens (tertiary/aromatic N) is 2. The van der Waals surface area contributed by atoms with E-state index in [1.54, 1.807) is 0 Å². The van der Waals surface area contributed by atoms with Crippen LogP contribution in [-0.4, -0.2) is 32.5 Å². The van der Waals surface area contributed by atoms with E-state index in [9.17, 15) is 9.59 Å². The predicted octanol–water partition coefficient (Wildman–Crippen LogP) is 2.84. The molecule has 2 aromatic rings. The maximum Gasteiger partial charge on any atom is 0.255 e. The summed E-state index contributed by atoms with van der Waals surface area (Å²) in [6.07, 6.45) is 2.08. The van der Waals surface area contributed by atoms with Crippen molar-refractivity contribution in [2.45, 2.75) is 19.3 Å². The number of carbonyl (C=O) groups is 2. The van der Waals surface area contributed by atoms with E-state index in [0.717, 1.165) is 47.6 Å². The van der Waals surface area contributed by atoms with Crippen molar-refractivity contribution in [3.05, 3.63) is 53.1 Å². The number of nitrogens with one attached hydrogen (secondary N) is 1. The van der Waals surface area contributed by atoms with Gasteiger partial charge in [-0.25, -0.2) is 0 Å². The summed E-state index contributed by atoms with van der Waals surface area (Å²) >= 11 is 0. The Hall–Kier alpha value is -2.82. The topological polar surface area (TPSA) is 52.7 Å². The maximum absolute atomic E-state index is 12.7. The summed E-state index contributed by atoms with van der Waals surface area (Å²) < 4.78 is 0. The van der Waals surface area contributed by atoms with Crippen molar-refractivity contribution in [2.75, 3.05) is 35.8 Å². The smallest absolute Gasteiger partial charge is 0.255 e. The van der Waals surface area contributed by atoms with Crippen LogP contribution in [-0.2, 0) is 17.6 Å². The van der Waals surface area contributed by atoms with Gasteiger partial charge in [0.1, 0.15) is 0 Å². The largest absolute Gasteiger partial charge is 0.378 e. The van der Waals surface area contributed by atoms with E-state index in [4.69, 9.17) is 0 Å². The van der Waals surface area contributed by atoms with E-state index in [1.165, 1.54) is 0 Å². The van der Waals surface area contributed by atoms with Crippen LogP contribution in [0.25, 0.3) is 0 Å². The fourth-order valence-corrected chi connectivity index (χ4v) is 3.64. The standard InChI is InChI=1S/C20H21N3O2/c1-22(2)17-6-4-16(5-7-17)21-20(25)15-11-13-3-8-18(24)23-10-9-14(12-15)19(13)23/h4-7,11-12H,3,8-10H2,1-2H3,(H,21,25). The summed E-state index contributed by atoms with van der Waals surface area (Å²) in [4.78, 5) is 28.6. The Labute approximate surface area is 147 Å². The van der Waals surface area contributed by atoms with Crippen LogP contribution >= 0.6 is 0 Å². The SMILES string of the molecule is CN(C)c1ccc(NC(=O)c2cc3c4c(c2)CCN4C(=O)CC3)cc1. The van der Waals surface area contributed by atoms with Gasteiger partial charge in [-0.2, -0.15) is 0 Å². The number of aryl methyl sites for hydroxylation is 1. The van der Waals surface area contributed by atoms with Gasteiger partial charge in [0.15, 0.2) is 0 Å². The molecule has 2 aliphatic heterocycles. The first-order chi connectivity index (χ1) is 12.0. The first-order valence-electron chi connectivity index (χ1n) is 8.58. The molecule has 0 aromatic heterocycles. The Morgan fingerprint density at radius 2 is 1.72 bits per heavy atom. The molecule has 0 saturated heterocycles. The van der Waals surface area contributed by atoms with E-state index in [0.29, 0.717) is 12.0 Å². The molecule has 0 aliphatic carbocycles. The van der Waals surface area contributed by atoms with Crippen LogP contribution < -0.4 is 15.1 Å². The first-order valence-corrected chi connectivity index (χ1v) is 8.58. The van der Waals surface area contributed by atoms with Gasteiger partial charge < -0.3 is 15.1 Å². The van der Waals surface area contributed by atoms with Crippen LogP contribution in [0.4, 0.5) is 17.1 Å². The van der Waals surface area contributed by atoms with Gasteiger partial charge in [-0.15, -0.1) is 0 Å². The highest BCUT2D eigenvalue weighted by molar-refractivity contribution is 6.06. The van der Waals surface area contributed by atoms with Gasteiger partial charge in [0.05, 0.1) is 5.69 Å². The van der Waals surface area contributed by atoms with Crippen molar-refractivity contribution >= 4 is 28.9 Å². The normalized spacial score (nSPS) is 15.1. The van der Waals surface area contributed by atoms with Crippen LogP contribution in [0.2, 0.25) is 0 Å². The zero-order chi connectivity index (χ0) is 17.6. The van der Waals surface area contributed by atoms with Crippen LogP contribution in [0.3, 0.4) is 0 Å². The average Bonchev–Trinajstić information content (AvgIpc) is 3.04. The summed E-state index contributed by atoms with van der Waals surface area (Å²) in [6.45, 7) is 0.734. The predicted molar refractivity (Wildman–Crippen MR) is 99.5 cm³/mol. The molecule has 128 valence electrons. The fraction of sp³-hybridized carbons (Fsp3) is 0.300. The molecule has 0 bridgehead atoms. The summed E-state index contributed by atoms with van der Waals surface area (Å²) in [5.41, 5.74) is 5.80. The maximum atomic E-state index is 12.7. The van der Waals surface area contributed by atoms with E-state index in [2.05, 4.69) is 5.32 Å². The molecule has 25 heavy (non-hydrogen) atoms. The third kappa shape index (κ3) is 2.76. The number of anilines is 3. The highest BCUT2D eigenvalue weighted by atomic mass is 16.2. The molecule has 4 rings (SSSR count). The number of hydrogen-bond donors (Lipinski definition) is 1. The van der Waals surface area contributed by atoms with Crippen molar-refractivity contribution in [3.8, 4) is 0 Å². The van der Waals surface area contributed by atoms with Crippen molar-refractivity contribution in [3.63, 3.8) is 0 Å². The molecule has 5 nitrogen and oxygen atoms in total. The fourth-order valence-electron chi connectivity index (χ4n) is 3.64. The Kier molecular flexibility index (Phi) is 3.71. The molecule has 0 radical (unpaired) electrons.